The van der Waals surface area contributed by atoms with Gasteiger partial charge in [0.25, 0.3) is 0 Å². The molecule has 0 spiro atoms. The second-order valence-corrected chi connectivity index (χ2v) is 2.70. The molecule has 0 fully saturated rings. The third kappa shape index (κ3) is 2.11. The second-order valence-electron chi connectivity index (χ2n) is 2.70. The minimum atomic E-state index is 0.781. The van der Waals surface area contributed by atoms with Gasteiger partial charge in [0.2, 0.25) is 0 Å². The smallest absolute Gasteiger partial charge is 0.118 e. The summed E-state index contributed by atoms with van der Waals surface area (Å²) in [6.07, 6.45) is 7.78. The maximum atomic E-state index is 5.48. The van der Waals surface area contributed by atoms with Crippen molar-refractivity contribution in [3.8, 4) is 0 Å². The van der Waals surface area contributed by atoms with E-state index in [0.29, 0.717) is 0 Å². The SMILES string of the molecule is CCOC1=C(CC)CCC=C1. The minimum absolute atomic E-state index is 0.781. The van der Waals surface area contributed by atoms with Crippen molar-refractivity contribution in [2.24, 2.45) is 0 Å². The van der Waals surface area contributed by atoms with Gasteiger partial charge in [0.05, 0.1) is 6.61 Å². The number of ether oxygens (including phenoxy) is 1. The van der Waals surface area contributed by atoms with Crippen LogP contribution in [0.3, 0.4) is 0 Å². The van der Waals surface area contributed by atoms with E-state index in [-0.39, 0.29) is 0 Å². The molecule has 0 saturated carbocycles. The van der Waals surface area contributed by atoms with E-state index in [1.165, 1.54) is 18.4 Å². The van der Waals surface area contributed by atoms with Gasteiger partial charge in [-0.25, -0.2) is 0 Å². The summed E-state index contributed by atoms with van der Waals surface area (Å²) in [5.41, 5.74) is 1.47. The molecular formula is C10H16O. The molecule has 62 valence electrons. The molecule has 0 aliphatic heterocycles. The Kier molecular flexibility index (Phi) is 3.21. The summed E-state index contributed by atoms with van der Waals surface area (Å²) in [6.45, 7) is 5.00. The standard InChI is InChI=1S/C10H16O/c1-3-9-7-5-6-8-10(9)11-4-2/h6,8H,3-5,7H2,1-2H3. The van der Waals surface area contributed by atoms with Crippen molar-refractivity contribution in [1.82, 2.24) is 0 Å². The van der Waals surface area contributed by atoms with Gasteiger partial charge in [-0.3, -0.25) is 0 Å². The van der Waals surface area contributed by atoms with Gasteiger partial charge in [0, 0.05) is 0 Å². The Hall–Kier alpha value is -0.720. The van der Waals surface area contributed by atoms with E-state index in [1.807, 2.05) is 6.92 Å². The van der Waals surface area contributed by atoms with Crippen molar-refractivity contribution in [2.75, 3.05) is 6.61 Å². The summed E-state index contributed by atoms with van der Waals surface area (Å²) < 4.78 is 5.48. The summed E-state index contributed by atoms with van der Waals surface area (Å²) in [5, 5.41) is 0. The Bertz CT molecular complexity index is 177. The van der Waals surface area contributed by atoms with Crippen LogP contribution in [0.2, 0.25) is 0 Å². The van der Waals surface area contributed by atoms with Gasteiger partial charge in [-0.15, -0.1) is 0 Å². The van der Waals surface area contributed by atoms with Crippen LogP contribution in [-0.2, 0) is 4.74 Å². The van der Waals surface area contributed by atoms with Crippen LogP contribution in [0.5, 0.6) is 0 Å². The molecule has 0 bridgehead atoms. The molecule has 0 radical (unpaired) electrons. The van der Waals surface area contributed by atoms with E-state index in [0.717, 1.165) is 18.8 Å². The van der Waals surface area contributed by atoms with Crippen LogP contribution in [0, 0.1) is 0 Å². The lowest BCUT2D eigenvalue weighted by Gasteiger charge is -2.14. The zero-order chi connectivity index (χ0) is 8.10. The molecule has 0 saturated heterocycles. The van der Waals surface area contributed by atoms with Crippen molar-refractivity contribution in [3.63, 3.8) is 0 Å². The highest BCUT2D eigenvalue weighted by atomic mass is 16.5. The molecule has 0 atom stereocenters. The van der Waals surface area contributed by atoms with Crippen LogP contribution in [0.4, 0.5) is 0 Å². The predicted octanol–water partition coefficient (Wildman–Crippen LogP) is 3.04. The average Bonchev–Trinajstić information content (AvgIpc) is 2.06. The van der Waals surface area contributed by atoms with Crippen LogP contribution in [0.25, 0.3) is 0 Å². The van der Waals surface area contributed by atoms with Crippen molar-refractivity contribution in [1.29, 1.82) is 0 Å². The van der Waals surface area contributed by atoms with Crippen LogP contribution in [-0.4, -0.2) is 6.61 Å². The molecule has 1 aliphatic carbocycles. The molecule has 0 N–H and O–H groups in total. The first-order valence-corrected chi connectivity index (χ1v) is 4.39. The molecular weight excluding hydrogens is 136 g/mol. The summed E-state index contributed by atoms with van der Waals surface area (Å²) in [5.74, 6) is 1.11. The lowest BCUT2D eigenvalue weighted by Crippen LogP contribution is -1.98. The van der Waals surface area contributed by atoms with E-state index in [9.17, 15) is 0 Å². The van der Waals surface area contributed by atoms with E-state index in [2.05, 4.69) is 19.1 Å². The predicted molar refractivity (Wildman–Crippen MR) is 47.3 cm³/mol. The van der Waals surface area contributed by atoms with E-state index >= 15 is 0 Å². The molecule has 0 unspecified atom stereocenters. The van der Waals surface area contributed by atoms with Crippen LogP contribution in [0.15, 0.2) is 23.5 Å². The molecule has 0 aromatic carbocycles. The molecule has 0 amide bonds. The molecule has 1 nitrogen and oxygen atoms in total. The lowest BCUT2D eigenvalue weighted by atomic mass is 10.0. The Labute approximate surface area is 68.8 Å². The Morgan fingerprint density at radius 1 is 1.45 bits per heavy atom. The molecule has 1 aliphatic rings. The summed E-state index contributed by atoms with van der Waals surface area (Å²) in [6, 6.07) is 0. The molecule has 0 aromatic rings. The minimum Gasteiger partial charge on any atom is -0.494 e. The number of hydrogen-bond donors (Lipinski definition) is 0. The summed E-state index contributed by atoms with van der Waals surface area (Å²) in [7, 11) is 0. The van der Waals surface area contributed by atoms with Gasteiger partial charge in [-0.1, -0.05) is 13.0 Å². The molecule has 1 heteroatoms. The number of hydrogen-bond acceptors (Lipinski definition) is 1. The Balaban J connectivity index is 2.66. The van der Waals surface area contributed by atoms with E-state index in [1.54, 1.807) is 0 Å². The fraction of sp³-hybridized carbons (Fsp3) is 0.600. The van der Waals surface area contributed by atoms with Gasteiger partial charge >= 0.3 is 0 Å². The third-order valence-corrected chi connectivity index (χ3v) is 1.96. The Morgan fingerprint density at radius 3 is 2.91 bits per heavy atom. The normalized spacial score (nSPS) is 17.3. The molecule has 0 heterocycles. The van der Waals surface area contributed by atoms with E-state index in [4.69, 9.17) is 4.74 Å². The first-order valence-electron chi connectivity index (χ1n) is 4.39. The van der Waals surface area contributed by atoms with Gasteiger partial charge in [0.15, 0.2) is 0 Å². The fourth-order valence-electron chi connectivity index (χ4n) is 1.35. The number of rotatable bonds is 3. The first kappa shape index (κ1) is 8.38. The molecule has 0 aromatic heterocycles. The van der Waals surface area contributed by atoms with Crippen molar-refractivity contribution >= 4 is 0 Å². The van der Waals surface area contributed by atoms with Gasteiger partial charge in [-0.2, -0.15) is 0 Å². The van der Waals surface area contributed by atoms with E-state index < -0.39 is 0 Å². The first-order chi connectivity index (χ1) is 5.38. The average molecular weight is 152 g/mol. The third-order valence-electron chi connectivity index (χ3n) is 1.96. The van der Waals surface area contributed by atoms with Gasteiger partial charge in [0.1, 0.15) is 5.76 Å². The maximum absolute atomic E-state index is 5.48. The molecule has 11 heavy (non-hydrogen) atoms. The van der Waals surface area contributed by atoms with Gasteiger partial charge < -0.3 is 4.74 Å². The Morgan fingerprint density at radius 2 is 2.27 bits per heavy atom. The van der Waals surface area contributed by atoms with Crippen molar-refractivity contribution in [2.45, 2.75) is 33.1 Å². The quantitative estimate of drug-likeness (QED) is 0.604. The monoisotopic (exact) mass is 152 g/mol. The topological polar surface area (TPSA) is 9.23 Å². The maximum Gasteiger partial charge on any atom is 0.118 e. The molecule has 1 rings (SSSR count). The fourth-order valence-corrected chi connectivity index (χ4v) is 1.35. The van der Waals surface area contributed by atoms with Gasteiger partial charge in [-0.05, 0) is 37.8 Å². The lowest BCUT2D eigenvalue weighted by molar-refractivity contribution is 0.235. The highest BCUT2D eigenvalue weighted by Gasteiger charge is 2.06. The van der Waals surface area contributed by atoms with Crippen molar-refractivity contribution in [3.05, 3.63) is 23.5 Å². The zero-order valence-corrected chi connectivity index (χ0v) is 7.39. The van der Waals surface area contributed by atoms with Crippen LogP contribution >= 0.6 is 0 Å². The van der Waals surface area contributed by atoms with Crippen molar-refractivity contribution < 1.29 is 4.74 Å². The second kappa shape index (κ2) is 4.22. The highest BCUT2D eigenvalue weighted by molar-refractivity contribution is 5.24. The number of allylic oxidation sites excluding steroid dienone is 3. The largest absolute Gasteiger partial charge is 0.494 e. The summed E-state index contributed by atoms with van der Waals surface area (Å²) in [4.78, 5) is 0. The van der Waals surface area contributed by atoms with Crippen LogP contribution < -0.4 is 0 Å². The summed E-state index contributed by atoms with van der Waals surface area (Å²) >= 11 is 0. The zero-order valence-electron chi connectivity index (χ0n) is 7.39. The van der Waals surface area contributed by atoms with Crippen LogP contribution in [0.1, 0.15) is 33.1 Å². The highest BCUT2D eigenvalue weighted by Crippen LogP contribution is 2.21.